The highest BCUT2D eigenvalue weighted by molar-refractivity contribution is 5.79. The molecule has 9 nitrogen and oxygen atoms in total. The number of morpholine rings is 1. The van der Waals surface area contributed by atoms with Crippen LogP contribution in [0.5, 0.6) is 11.5 Å². The molecule has 0 bridgehead atoms. The molecule has 1 atom stereocenters. The molecular weight excluding hydrogens is 422 g/mol. The summed E-state index contributed by atoms with van der Waals surface area (Å²) in [5, 5.41) is 11.9. The largest absolute Gasteiger partial charge is 0.493 e. The zero-order valence-electron chi connectivity index (χ0n) is 19.5. The minimum absolute atomic E-state index is 0.0606. The van der Waals surface area contributed by atoms with E-state index in [-0.39, 0.29) is 11.8 Å². The van der Waals surface area contributed by atoms with Crippen LogP contribution in [-0.2, 0) is 16.1 Å². The molecule has 1 amide bonds. The Morgan fingerprint density at radius 1 is 1.09 bits per heavy atom. The zero-order chi connectivity index (χ0) is 23.0. The number of carbonyl (C=O) groups is 1. The van der Waals surface area contributed by atoms with Gasteiger partial charge in [0.25, 0.3) is 0 Å². The molecule has 3 heterocycles. The van der Waals surface area contributed by atoms with Gasteiger partial charge in [-0.05, 0) is 49.6 Å². The lowest BCUT2D eigenvalue weighted by molar-refractivity contribution is -0.125. The van der Waals surface area contributed by atoms with Gasteiger partial charge in [0, 0.05) is 32.7 Å². The van der Waals surface area contributed by atoms with E-state index in [4.69, 9.17) is 14.2 Å². The molecule has 4 rings (SSSR count). The molecule has 2 aromatic rings. The van der Waals surface area contributed by atoms with Gasteiger partial charge in [0.05, 0.1) is 32.8 Å². The fourth-order valence-electron chi connectivity index (χ4n) is 4.28. The van der Waals surface area contributed by atoms with Crippen LogP contribution in [0.3, 0.4) is 0 Å². The van der Waals surface area contributed by atoms with E-state index in [1.54, 1.807) is 7.11 Å². The molecule has 0 spiro atoms. The number of piperidine rings is 1. The zero-order valence-corrected chi connectivity index (χ0v) is 19.5. The van der Waals surface area contributed by atoms with Crippen molar-refractivity contribution >= 4 is 17.5 Å². The summed E-state index contributed by atoms with van der Waals surface area (Å²) in [4.78, 5) is 17.2. The van der Waals surface area contributed by atoms with Crippen LogP contribution in [0.25, 0.3) is 0 Å². The Balaban J connectivity index is 1.32. The van der Waals surface area contributed by atoms with Crippen LogP contribution in [0.2, 0.25) is 0 Å². The van der Waals surface area contributed by atoms with Gasteiger partial charge in [-0.25, -0.2) is 0 Å². The number of hydrogen-bond acceptors (Lipinski definition) is 8. The maximum Gasteiger partial charge on any atom is 0.225 e. The van der Waals surface area contributed by atoms with Crippen molar-refractivity contribution in [3.63, 3.8) is 0 Å². The lowest BCUT2D eigenvalue weighted by Gasteiger charge is -2.33. The third-order valence-corrected chi connectivity index (χ3v) is 6.08. The summed E-state index contributed by atoms with van der Waals surface area (Å²) in [6, 6.07) is 9.75. The normalized spacial score (nSPS) is 18.7. The summed E-state index contributed by atoms with van der Waals surface area (Å²) < 4.78 is 16.4. The van der Waals surface area contributed by atoms with Crippen LogP contribution in [0.1, 0.15) is 25.3 Å². The van der Waals surface area contributed by atoms with Gasteiger partial charge in [-0.15, -0.1) is 10.2 Å². The molecule has 0 saturated carbocycles. The summed E-state index contributed by atoms with van der Waals surface area (Å²) in [6.07, 6.45) is 1.82. The minimum atomic E-state index is -0.0796. The number of carbonyl (C=O) groups excluding carboxylic acids is 1. The minimum Gasteiger partial charge on any atom is -0.493 e. The van der Waals surface area contributed by atoms with Gasteiger partial charge in [0.2, 0.25) is 5.91 Å². The molecular formula is C24H33N5O4. The van der Waals surface area contributed by atoms with Gasteiger partial charge in [-0.2, -0.15) is 0 Å². The standard InChI is InChI=1S/C24H33N5O4/c1-3-33-20-7-6-18(15-21(20)31-2)16-25-24(30)19-5-4-10-29(17-19)23-9-8-22(26-27-23)28-11-13-32-14-12-28/h6-9,15,19H,3-5,10-14,16-17H2,1-2H3,(H,25,30)/t19-/m0/s1. The molecule has 2 fully saturated rings. The van der Waals surface area contributed by atoms with Crippen molar-refractivity contribution in [1.29, 1.82) is 0 Å². The maximum absolute atomic E-state index is 12.9. The second-order valence-corrected chi connectivity index (χ2v) is 8.27. The molecule has 1 aromatic carbocycles. The Morgan fingerprint density at radius 3 is 2.55 bits per heavy atom. The van der Waals surface area contributed by atoms with Crippen molar-refractivity contribution in [3.8, 4) is 11.5 Å². The number of ether oxygens (including phenoxy) is 3. The summed E-state index contributed by atoms with van der Waals surface area (Å²) >= 11 is 0. The quantitative estimate of drug-likeness (QED) is 0.649. The van der Waals surface area contributed by atoms with E-state index in [2.05, 4.69) is 25.3 Å². The Kier molecular flexibility index (Phi) is 7.83. The third-order valence-electron chi connectivity index (χ3n) is 6.08. The Morgan fingerprint density at radius 2 is 1.85 bits per heavy atom. The Hall–Kier alpha value is -3.07. The highest BCUT2D eigenvalue weighted by atomic mass is 16.5. The molecule has 0 aliphatic carbocycles. The van der Waals surface area contributed by atoms with Crippen molar-refractivity contribution in [2.75, 3.05) is 62.9 Å². The van der Waals surface area contributed by atoms with Crippen molar-refractivity contribution in [2.24, 2.45) is 5.92 Å². The van der Waals surface area contributed by atoms with E-state index in [0.717, 1.165) is 62.9 Å². The van der Waals surface area contributed by atoms with Crippen LogP contribution in [0.15, 0.2) is 30.3 Å². The Bertz CT molecular complexity index is 918. The van der Waals surface area contributed by atoms with E-state index in [9.17, 15) is 4.79 Å². The predicted octanol–water partition coefficient (Wildman–Crippen LogP) is 2.25. The molecule has 178 valence electrons. The number of rotatable bonds is 8. The topological polar surface area (TPSA) is 89.1 Å². The number of methoxy groups -OCH3 is 1. The van der Waals surface area contributed by atoms with E-state index in [1.807, 2.05) is 37.3 Å². The first-order valence-corrected chi connectivity index (χ1v) is 11.7. The number of anilines is 2. The van der Waals surface area contributed by atoms with Crippen LogP contribution in [0, 0.1) is 5.92 Å². The van der Waals surface area contributed by atoms with Gasteiger partial charge in [-0.1, -0.05) is 6.07 Å². The van der Waals surface area contributed by atoms with Crippen molar-refractivity contribution in [3.05, 3.63) is 35.9 Å². The summed E-state index contributed by atoms with van der Waals surface area (Å²) in [5.74, 6) is 3.06. The Labute approximate surface area is 195 Å². The molecule has 2 aliphatic heterocycles. The van der Waals surface area contributed by atoms with Crippen LogP contribution in [-0.4, -0.2) is 69.2 Å². The number of amides is 1. The molecule has 2 aliphatic rings. The highest BCUT2D eigenvalue weighted by Crippen LogP contribution is 2.28. The van der Waals surface area contributed by atoms with Crippen LogP contribution < -0.4 is 24.6 Å². The average Bonchev–Trinajstić information content (AvgIpc) is 2.88. The molecule has 0 radical (unpaired) electrons. The first-order valence-electron chi connectivity index (χ1n) is 11.7. The average molecular weight is 456 g/mol. The number of nitrogens with one attached hydrogen (secondary N) is 1. The van der Waals surface area contributed by atoms with Crippen LogP contribution >= 0.6 is 0 Å². The monoisotopic (exact) mass is 455 g/mol. The predicted molar refractivity (Wildman–Crippen MR) is 126 cm³/mol. The van der Waals surface area contributed by atoms with Gasteiger partial charge >= 0.3 is 0 Å². The highest BCUT2D eigenvalue weighted by Gasteiger charge is 2.27. The lowest BCUT2D eigenvalue weighted by atomic mass is 9.97. The van der Waals surface area contributed by atoms with Crippen molar-refractivity contribution in [2.45, 2.75) is 26.3 Å². The van der Waals surface area contributed by atoms with Gasteiger partial charge in [0.1, 0.15) is 0 Å². The van der Waals surface area contributed by atoms with E-state index in [1.165, 1.54) is 0 Å². The fraction of sp³-hybridized carbons (Fsp3) is 0.542. The first kappa shape index (κ1) is 23.1. The fourth-order valence-corrected chi connectivity index (χ4v) is 4.28. The SMILES string of the molecule is CCOc1ccc(CNC(=O)[C@H]2CCCN(c3ccc(N4CCOCC4)nn3)C2)cc1OC. The number of nitrogens with zero attached hydrogens (tertiary/aromatic N) is 4. The van der Waals surface area contributed by atoms with Gasteiger partial charge < -0.3 is 29.3 Å². The van der Waals surface area contributed by atoms with Gasteiger partial charge in [0.15, 0.2) is 23.1 Å². The summed E-state index contributed by atoms with van der Waals surface area (Å²) in [7, 11) is 1.62. The van der Waals surface area contributed by atoms with Gasteiger partial charge in [-0.3, -0.25) is 4.79 Å². The number of hydrogen-bond donors (Lipinski definition) is 1. The van der Waals surface area contributed by atoms with Crippen LogP contribution in [0.4, 0.5) is 11.6 Å². The second-order valence-electron chi connectivity index (χ2n) is 8.27. The third kappa shape index (κ3) is 5.84. The number of aromatic nitrogens is 2. The van der Waals surface area contributed by atoms with Crippen molar-refractivity contribution in [1.82, 2.24) is 15.5 Å². The molecule has 1 N–H and O–H groups in total. The summed E-state index contributed by atoms with van der Waals surface area (Å²) in [5.41, 5.74) is 0.973. The maximum atomic E-state index is 12.9. The molecule has 33 heavy (non-hydrogen) atoms. The molecule has 0 unspecified atom stereocenters. The lowest BCUT2D eigenvalue weighted by Crippen LogP contribution is -2.43. The number of benzene rings is 1. The summed E-state index contributed by atoms with van der Waals surface area (Å²) in [6.45, 7) is 7.59. The van der Waals surface area contributed by atoms with E-state index in [0.29, 0.717) is 31.2 Å². The smallest absolute Gasteiger partial charge is 0.225 e. The first-order chi connectivity index (χ1) is 16.2. The van der Waals surface area contributed by atoms with E-state index >= 15 is 0 Å². The molecule has 9 heteroatoms. The molecule has 2 saturated heterocycles. The van der Waals surface area contributed by atoms with E-state index < -0.39 is 0 Å². The molecule has 1 aromatic heterocycles. The second kappa shape index (κ2) is 11.2. The van der Waals surface area contributed by atoms with Crippen molar-refractivity contribution < 1.29 is 19.0 Å².